The minimum absolute atomic E-state index is 0.0313. The van der Waals surface area contributed by atoms with Gasteiger partial charge in [-0.1, -0.05) is 13.8 Å². The van der Waals surface area contributed by atoms with E-state index < -0.39 is 0 Å². The Hall–Kier alpha value is -1.14. The van der Waals surface area contributed by atoms with Gasteiger partial charge in [-0.3, -0.25) is 0 Å². The van der Waals surface area contributed by atoms with E-state index in [0.717, 1.165) is 23.5 Å². The summed E-state index contributed by atoms with van der Waals surface area (Å²) in [5, 5.41) is 15.8. The van der Waals surface area contributed by atoms with Gasteiger partial charge in [0, 0.05) is 17.8 Å². The fraction of sp³-hybridized carbons (Fsp3) is 0.714. The monoisotopic (exact) mass is 299 g/mol. The SMILES string of the molecule is Cc1nc(CCNC(=O)NC(CO)CC(C)C)sc1C. The first kappa shape index (κ1) is 16.9. The molecule has 20 heavy (non-hydrogen) atoms. The maximum Gasteiger partial charge on any atom is 0.315 e. The Kier molecular flexibility index (Phi) is 6.95. The zero-order valence-corrected chi connectivity index (χ0v) is 13.5. The number of carbonyl (C=O) groups is 1. The number of nitrogens with one attached hydrogen (secondary N) is 2. The predicted molar refractivity (Wildman–Crippen MR) is 82.2 cm³/mol. The number of aryl methyl sites for hydroxylation is 2. The zero-order chi connectivity index (χ0) is 15.1. The minimum Gasteiger partial charge on any atom is -0.394 e. The van der Waals surface area contributed by atoms with Crippen LogP contribution in [0.5, 0.6) is 0 Å². The third kappa shape index (κ3) is 5.88. The van der Waals surface area contributed by atoms with Crippen LogP contribution in [0.25, 0.3) is 0 Å². The molecule has 0 bridgehead atoms. The lowest BCUT2D eigenvalue weighted by molar-refractivity contribution is 0.207. The molecule has 3 N–H and O–H groups in total. The minimum atomic E-state index is -0.227. The number of urea groups is 1. The number of carbonyl (C=O) groups excluding carboxylic acids is 1. The van der Waals surface area contributed by atoms with E-state index >= 15 is 0 Å². The van der Waals surface area contributed by atoms with Crippen molar-refractivity contribution in [3.63, 3.8) is 0 Å². The van der Waals surface area contributed by atoms with Crippen molar-refractivity contribution in [1.82, 2.24) is 15.6 Å². The average molecular weight is 299 g/mol. The molecule has 0 aliphatic rings. The Morgan fingerprint density at radius 1 is 1.40 bits per heavy atom. The van der Waals surface area contributed by atoms with E-state index in [1.165, 1.54) is 4.88 Å². The van der Waals surface area contributed by atoms with Crippen LogP contribution in [0, 0.1) is 19.8 Å². The van der Waals surface area contributed by atoms with Crippen LogP contribution in [0.15, 0.2) is 0 Å². The van der Waals surface area contributed by atoms with E-state index in [1.54, 1.807) is 11.3 Å². The Morgan fingerprint density at radius 3 is 2.60 bits per heavy atom. The van der Waals surface area contributed by atoms with Gasteiger partial charge in [-0.2, -0.15) is 0 Å². The molecule has 0 aliphatic carbocycles. The number of aromatic nitrogens is 1. The Labute approximate surface area is 124 Å². The number of hydrogen-bond acceptors (Lipinski definition) is 4. The molecule has 1 aromatic heterocycles. The van der Waals surface area contributed by atoms with Gasteiger partial charge >= 0.3 is 6.03 Å². The van der Waals surface area contributed by atoms with Gasteiger partial charge in [0.25, 0.3) is 0 Å². The highest BCUT2D eigenvalue weighted by Gasteiger charge is 2.12. The molecule has 1 unspecified atom stereocenters. The molecule has 1 rings (SSSR count). The number of thiazole rings is 1. The van der Waals surface area contributed by atoms with Crippen molar-refractivity contribution in [3.8, 4) is 0 Å². The highest BCUT2D eigenvalue weighted by Crippen LogP contribution is 2.16. The number of nitrogens with zero attached hydrogens (tertiary/aromatic N) is 1. The van der Waals surface area contributed by atoms with Crippen LogP contribution in [-0.4, -0.2) is 35.3 Å². The quantitative estimate of drug-likeness (QED) is 0.721. The van der Waals surface area contributed by atoms with Gasteiger partial charge in [0.1, 0.15) is 0 Å². The van der Waals surface area contributed by atoms with E-state index in [0.29, 0.717) is 12.5 Å². The topological polar surface area (TPSA) is 74.2 Å². The van der Waals surface area contributed by atoms with Crippen LogP contribution in [0.2, 0.25) is 0 Å². The second-order valence-electron chi connectivity index (χ2n) is 5.41. The lowest BCUT2D eigenvalue weighted by Gasteiger charge is -2.18. The molecule has 1 atom stereocenters. The molecule has 1 heterocycles. The van der Waals surface area contributed by atoms with E-state index in [1.807, 2.05) is 13.8 Å². The highest BCUT2D eigenvalue weighted by atomic mass is 32.1. The summed E-state index contributed by atoms with van der Waals surface area (Å²) in [7, 11) is 0. The van der Waals surface area contributed by atoms with E-state index in [-0.39, 0.29) is 18.7 Å². The summed E-state index contributed by atoms with van der Waals surface area (Å²) in [5.74, 6) is 0.439. The van der Waals surface area contributed by atoms with Crippen molar-refractivity contribution in [2.75, 3.05) is 13.2 Å². The molecule has 0 fully saturated rings. The molecular formula is C14H25N3O2S. The lowest BCUT2D eigenvalue weighted by atomic mass is 10.0. The molecule has 0 aliphatic heterocycles. The fourth-order valence-electron chi connectivity index (χ4n) is 1.91. The predicted octanol–water partition coefficient (Wildman–Crippen LogP) is 2.01. The van der Waals surface area contributed by atoms with Crippen LogP contribution in [-0.2, 0) is 6.42 Å². The molecule has 5 nitrogen and oxygen atoms in total. The second kappa shape index (κ2) is 8.21. The molecule has 6 heteroatoms. The molecular weight excluding hydrogens is 274 g/mol. The van der Waals surface area contributed by atoms with Crippen LogP contribution < -0.4 is 10.6 Å². The van der Waals surface area contributed by atoms with Gasteiger partial charge in [0.2, 0.25) is 0 Å². The van der Waals surface area contributed by atoms with Gasteiger partial charge in [0.05, 0.1) is 23.4 Å². The summed E-state index contributed by atoms with van der Waals surface area (Å²) in [6, 6.07) is -0.408. The first-order valence-electron chi connectivity index (χ1n) is 7.00. The van der Waals surface area contributed by atoms with Gasteiger partial charge in [-0.05, 0) is 26.2 Å². The molecule has 114 valence electrons. The summed E-state index contributed by atoms with van der Waals surface area (Å²) < 4.78 is 0. The molecule has 0 saturated heterocycles. The van der Waals surface area contributed by atoms with Crippen molar-refractivity contribution >= 4 is 17.4 Å². The van der Waals surface area contributed by atoms with Crippen LogP contribution in [0.3, 0.4) is 0 Å². The van der Waals surface area contributed by atoms with E-state index in [4.69, 9.17) is 0 Å². The van der Waals surface area contributed by atoms with E-state index in [9.17, 15) is 9.90 Å². The summed E-state index contributed by atoms with van der Waals surface area (Å²) in [5.41, 5.74) is 1.06. The Balaban J connectivity index is 2.28. The third-order valence-electron chi connectivity index (χ3n) is 3.01. The van der Waals surface area contributed by atoms with E-state index in [2.05, 4.69) is 29.5 Å². The van der Waals surface area contributed by atoms with Crippen LogP contribution in [0.1, 0.15) is 35.8 Å². The molecule has 2 amide bonds. The van der Waals surface area contributed by atoms with Crippen molar-refractivity contribution in [3.05, 3.63) is 15.6 Å². The Morgan fingerprint density at radius 2 is 2.10 bits per heavy atom. The summed E-state index contributed by atoms with van der Waals surface area (Å²) in [6.45, 7) is 8.70. The average Bonchev–Trinajstić information content (AvgIpc) is 2.67. The van der Waals surface area contributed by atoms with Crippen LogP contribution >= 0.6 is 11.3 Å². The number of rotatable bonds is 7. The second-order valence-corrected chi connectivity index (χ2v) is 6.70. The number of aliphatic hydroxyl groups excluding tert-OH is 1. The first-order chi connectivity index (χ1) is 9.42. The highest BCUT2D eigenvalue weighted by molar-refractivity contribution is 7.11. The van der Waals surface area contributed by atoms with Crippen LogP contribution in [0.4, 0.5) is 4.79 Å². The summed E-state index contributed by atoms with van der Waals surface area (Å²) in [6.07, 6.45) is 1.51. The normalized spacial score (nSPS) is 12.5. The number of hydrogen-bond donors (Lipinski definition) is 3. The van der Waals surface area contributed by atoms with Gasteiger partial charge in [0.15, 0.2) is 0 Å². The fourth-order valence-corrected chi connectivity index (χ4v) is 2.85. The smallest absolute Gasteiger partial charge is 0.315 e. The molecule has 0 aromatic carbocycles. The summed E-state index contributed by atoms with van der Waals surface area (Å²) in [4.78, 5) is 17.4. The maximum atomic E-state index is 11.7. The molecule has 0 saturated carbocycles. The lowest BCUT2D eigenvalue weighted by Crippen LogP contribution is -2.44. The van der Waals surface area contributed by atoms with Crippen molar-refractivity contribution < 1.29 is 9.90 Å². The third-order valence-corrected chi connectivity index (χ3v) is 4.14. The van der Waals surface area contributed by atoms with Crippen molar-refractivity contribution in [2.24, 2.45) is 5.92 Å². The maximum absolute atomic E-state index is 11.7. The first-order valence-corrected chi connectivity index (χ1v) is 7.82. The zero-order valence-electron chi connectivity index (χ0n) is 12.7. The Bertz CT molecular complexity index is 413. The van der Waals surface area contributed by atoms with Crippen molar-refractivity contribution in [2.45, 2.75) is 46.6 Å². The molecule has 0 spiro atoms. The van der Waals surface area contributed by atoms with Gasteiger partial charge < -0.3 is 15.7 Å². The van der Waals surface area contributed by atoms with Gasteiger partial charge in [-0.15, -0.1) is 11.3 Å². The van der Waals surface area contributed by atoms with Gasteiger partial charge in [-0.25, -0.2) is 9.78 Å². The number of aliphatic hydroxyl groups is 1. The standard InChI is InChI=1S/C14H25N3O2S/c1-9(2)7-12(8-18)17-14(19)15-6-5-13-16-10(3)11(4)20-13/h9,12,18H,5-8H2,1-4H3,(H2,15,17,19). The largest absolute Gasteiger partial charge is 0.394 e. The number of amides is 2. The summed E-state index contributed by atoms with van der Waals surface area (Å²) >= 11 is 1.67. The molecule has 0 radical (unpaired) electrons. The van der Waals surface area contributed by atoms with Crippen molar-refractivity contribution in [1.29, 1.82) is 0 Å². The molecule has 1 aromatic rings.